The summed E-state index contributed by atoms with van der Waals surface area (Å²) in [6.07, 6.45) is 1.91. The zero-order valence-electron chi connectivity index (χ0n) is 13.3. The van der Waals surface area contributed by atoms with E-state index >= 15 is 0 Å². The van der Waals surface area contributed by atoms with Gasteiger partial charge in [-0.25, -0.2) is 0 Å². The van der Waals surface area contributed by atoms with Crippen molar-refractivity contribution in [3.05, 3.63) is 60.2 Å². The molecule has 0 aliphatic carbocycles. The summed E-state index contributed by atoms with van der Waals surface area (Å²) < 4.78 is 1.70. The molecule has 0 saturated carbocycles. The zero-order chi connectivity index (χ0) is 17.2. The Morgan fingerprint density at radius 2 is 1.80 bits per heavy atom. The van der Waals surface area contributed by atoms with Crippen LogP contribution in [-0.4, -0.2) is 31.7 Å². The van der Waals surface area contributed by atoms with Gasteiger partial charge in [0.25, 0.3) is 11.7 Å². The second kappa shape index (κ2) is 6.40. The number of hydrogen-bond acceptors (Lipinski definition) is 6. The third kappa shape index (κ3) is 2.87. The fraction of sp³-hybridized carbons (Fsp3) is 0.0588. The van der Waals surface area contributed by atoms with Crippen LogP contribution in [0.2, 0.25) is 0 Å². The number of benzene rings is 2. The highest BCUT2D eigenvalue weighted by molar-refractivity contribution is 7.98. The predicted octanol–water partition coefficient (Wildman–Crippen LogP) is 2.76. The van der Waals surface area contributed by atoms with Gasteiger partial charge in [-0.3, -0.25) is 15.6 Å². The largest absolute Gasteiger partial charge is 0.281 e. The third-order valence-corrected chi connectivity index (χ3v) is 4.22. The highest BCUT2D eigenvalue weighted by Gasteiger charge is 2.13. The van der Waals surface area contributed by atoms with Gasteiger partial charge in [0.05, 0.1) is 5.52 Å². The van der Waals surface area contributed by atoms with Gasteiger partial charge in [-0.05, 0) is 30.5 Å². The summed E-state index contributed by atoms with van der Waals surface area (Å²) in [4.78, 5) is 21.1. The van der Waals surface area contributed by atoms with E-state index in [0.717, 1.165) is 10.9 Å². The van der Waals surface area contributed by atoms with E-state index in [1.54, 1.807) is 16.6 Å². The van der Waals surface area contributed by atoms with E-state index in [-0.39, 0.29) is 5.91 Å². The van der Waals surface area contributed by atoms with Crippen LogP contribution in [0, 0.1) is 0 Å². The minimum absolute atomic E-state index is 0.238. The summed E-state index contributed by atoms with van der Waals surface area (Å²) in [6, 6.07) is 16.7. The molecular weight excluding hydrogens is 336 g/mol. The number of amides is 1. The molecule has 2 heterocycles. The average molecular weight is 350 g/mol. The number of nitrogens with one attached hydrogen (secondary N) is 2. The molecule has 0 atom stereocenters. The Bertz CT molecular complexity index is 1060. The number of para-hydroxylation sites is 1. The smallest absolute Gasteiger partial charge is 0.269 e. The Morgan fingerprint density at radius 3 is 2.60 bits per heavy atom. The van der Waals surface area contributed by atoms with Crippen molar-refractivity contribution in [3.8, 4) is 0 Å². The Labute approximate surface area is 147 Å². The maximum Gasteiger partial charge on any atom is 0.269 e. The quantitative estimate of drug-likeness (QED) is 0.435. The first-order chi connectivity index (χ1) is 12.3. The number of nitrogens with zero attached hydrogens (tertiary/aromatic N) is 4. The van der Waals surface area contributed by atoms with Gasteiger partial charge >= 0.3 is 0 Å². The molecule has 0 aliphatic rings. The topological polar surface area (TPSA) is 84.2 Å². The molecule has 4 rings (SSSR count). The van der Waals surface area contributed by atoms with Crippen molar-refractivity contribution in [1.29, 1.82) is 0 Å². The maximum absolute atomic E-state index is 12.2. The van der Waals surface area contributed by atoms with Crippen LogP contribution < -0.4 is 10.9 Å². The Hall–Kier alpha value is -3.13. The maximum atomic E-state index is 12.2. The summed E-state index contributed by atoms with van der Waals surface area (Å²) >= 11 is 1.45. The summed E-state index contributed by atoms with van der Waals surface area (Å²) in [5, 5.41) is 5.91. The van der Waals surface area contributed by atoms with E-state index in [2.05, 4.69) is 25.9 Å². The molecule has 0 radical (unpaired) electrons. The molecule has 2 N–H and O–H groups in total. The Morgan fingerprint density at radius 1 is 1.04 bits per heavy atom. The van der Waals surface area contributed by atoms with E-state index in [9.17, 15) is 4.79 Å². The van der Waals surface area contributed by atoms with E-state index in [1.807, 2.05) is 48.7 Å². The molecule has 2 aromatic heterocycles. The molecule has 0 bridgehead atoms. The van der Waals surface area contributed by atoms with Gasteiger partial charge in [0.1, 0.15) is 0 Å². The van der Waals surface area contributed by atoms with Crippen LogP contribution in [0.1, 0.15) is 10.4 Å². The van der Waals surface area contributed by atoms with Crippen LogP contribution in [0.4, 0.5) is 5.82 Å². The van der Waals surface area contributed by atoms with Crippen LogP contribution in [0.15, 0.2) is 59.8 Å². The van der Waals surface area contributed by atoms with Gasteiger partial charge in [0.2, 0.25) is 5.16 Å². The second-order valence-electron chi connectivity index (χ2n) is 5.23. The number of aromatic nitrogens is 4. The van der Waals surface area contributed by atoms with Gasteiger partial charge in [-0.15, -0.1) is 5.10 Å². The fourth-order valence-electron chi connectivity index (χ4n) is 2.50. The van der Waals surface area contributed by atoms with Crippen LogP contribution in [0.3, 0.4) is 0 Å². The Kier molecular flexibility index (Phi) is 3.95. The number of fused-ring (bicyclic) bond motifs is 3. The zero-order valence-corrected chi connectivity index (χ0v) is 14.1. The molecule has 0 aliphatic heterocycles. The number of anilines is 1. The Balaban J connectivity index is 1.72. The van der Waals surface area contributed by atoms with E-state index in [0.29, 0.717) is 22.3 Å². The molecule has 1 amide bonds. The lowest BCUT2D eigenvalue weighted by molar-refractivity contribution is 0.0962. The number of hydrogen-bond donors (Lipinski definition) is 2. The van der Waals surface area contributed by atoms with Crippen LogP contribution >= 0.6 is 11.8 Å². The minimum atomic E-state index is -0.238. The molecule has 0 saturated heterocycles. The summed E-state index contributed by atoms with van der Waals surface area (Å²) in [5.41, 5.74) is 7.01. The van der Waals surface area contributed by atoms with Crippen molar-refractivity contribution >= 4 is 40.2 Å². The lowest BCUT2D eigenvalue weighted by Crippen LogP contribution is -2.30. The lowest BCUT2D eigenvalue weighted by Gasteiger charge is -2.10. The minimum Gasteiger partial charge on any atom is -0.281 e. The van der Waals surface area contributed by atoms with Gasteiger partial charge < -0.3 is 0 Å². The van der Waals surface area contributed by atoms with Crippen molar-refractivity contribution in [3.63, 3.8) is 0 Å². The summed E-state index contributed by atoms with van der Waals surface area (Å²) in [5.74, 6) is 0.754. The van der Waals surface area contributed by atoms with Gasteiger partial charge in [-0.2, -0.15) is 14.5 Å². The second-order valence-corrected chi connectivity index (χ2v) is 6.01. The highest BCUT2D eigenvalue weighted by Crippen LogP contribution is 2.23. The molecule has 0 fully saturated rings. The molecule has 124 valence electrons. The monoisotopic (exact) mass is 350 g/mol. The predicted molar refractivity (Wildman–Crippen MR) is 97.6 cm³/mol. The van der Waals surface area contributed by atoms with Crippen molar-refractivity contribution in [2.45, 2.75) is 5.16 Å². The number of thioether (sulfide) groups is 1. The first-order valence-corrected chi connectivity index (χ1v) is 8.79. The lowest BCUT2D eigenvalue weighted by atomic mass is 10.2. The highest BCUT2D eigenvalue weighted by atomic mass is 32.2. The van der Waals surface area contributed by atoms with Crippen LogP contribution in [0.5, 0.6) is 0 Å². The molecule has 0 spiro atoms. The van der Waals surface area contributed by atoms with Crippen LogP contribution in [-0.2, 0) is 0 Å². The van der Waals surface area contributed by atoms with Gasteiger partial charge in [0, 0.05) is 10.9 Å². The fourth-order valence-corrected chi connectivity index (χ4v) is 2.83. The van der Waals surface area contributed by atoms with E-state index in [1.165, 1.54) is 11.8 Å². The molecule has 2 aromatic carbocycles. The standard InChI is InChI=1S/C17H14N6OS/c1-25-17-19-16-18-14(12-9-5-6-10-13(12)23(16)22-17)20-21-15(24)11-7-3-2-4-8-11/h2-10H,1H3,(H,21,24)(H,18,19,20,22). The number of hydrazine groups is 1. The molecule has 25 heavy (non-hydrogen) atoms. The first-order valence-electron chi connectivity index (χ1n) is 7.57. The number of carbonyl (C=O) groups is 1. The van der Waals surface area contributed by atoms with Crippen molar-refractivity contribution in [2.24, 2.45) is 0 Å². The first kappa shape index (κ1) is 15.4. The molecular formula is C17H14N6OS. The van der Waals surface area contributed by atoms with Crippen molar-refractivity contribution in [1.82, 2.24) is 25.0 Å². The molecule has 4 aromatic rings. The van der Waals surface area contributed by atoms with E-state index < -0.39 is 0 Å². The van der Waals surface area contributed by atoms with Gasteiger partial charge in [0.15, 0.2) is 5.82 Å². The number of rotatable bonds is 4. The van der Waals surface area contributed by atoms with Gasteiger partial charge in [-0.1, -0.05) is 42.1 Å². The van der Waals surface area contributed by atoms with E-state index in [4.69, 9.17) is 0 Å². The SMILES string of the molecule is CSc1nc2nc(NNC(=O)c3ccccc3)c3ccccc3n2n1. The van der Waals surface area contributed by atoms with Crippen LogP contribution in [0.25, 0.3) is 16.7 Å². The summed E-state index contributed by atoms with van der Waals surface area (Å²) in [6.45, 7) is 0. The molecule has 8 heteroatoms. The summed E-state index contributed by atoms with van der Waals surface area (Å²) in [7, 11) is 0. The molecule has 0 unspecified atom stereocenters. The average Bonchev–Trinajstić information content (AvgIpc) is 3.10. The third-order valence-electron chi connectivity index (χ3n) is 3.68. The molecule has 7 nitrogen and oxygen atoms in total. The normalized spacial score (nSPS) is 10.9. The number of carbonyl (C=O) groups excluding carboxylic acids is 1. The van der Waals surface area contributed by atoms with Crippen molar-refractivity contribution in [2.75, 3.05) is 11.7 Å². The van der Waals surface area contributed by atoms with Crippen molar-refractivity contribution < 1.29 is 4.79 Å².